The molecule has 7 heteroatoms. The summed E-state index contributed by atoms with van der Waals surface area (Å²) < 4.78 is 37.2. The maximum Gasteiger partial charge on any atom is 1.00 e. The van der Waals surface area contributed by atoms with Crippen LogP contribution >= 0.6 is 11.3 Å². The number of hydrogen-bond acceptors (Lipinski definition) is 2. The second-order valence-corrected chi connectivity index (χ2v) is 5.31. The molecular formula is C11H16BF3KNS. The molecule has 0 aliphatic carbocycles. The molecule has 0 radical (unpaired) electrons. The Labute approximate surface area is 153 Å². The molecule has 96 valence electrons. The van der Waals surface area contributed by atoms with Gasteiger partial charge in [-0.3, -0.25) is 0 Å². The molecule has 1 nitrogen and oxygen atoms in total. The largest absolute Gasteiger partial charge is 1.00 e. The van der Waals surface area contributed by atoms with Gasteiger partial charge in [0.2, 0.25) is 0 Å². The standard InChI is InChI=1S/C11H16BF3NS.K/c1-9(12(13,14)15)8-16(3)10(2)7-11-5-4-6-17-11;/h4-6,10H,1,7-8H2,2-3H3;/q-1;+1. The van der Waals surface area contributed by atoms with Gasteiger partial charge in [-0.2, -0.15) is 0 Å². The average molecular weight is 301 g/mol. The third-order valence-electron chi connectivity index (χ3n) is 2.74. The van der Waals surface area contributed by atoms with Gasteiger partial charge >= 0.3 is 58.4 Å². The topological polar surface area (TPSA) is 3.24 Å². The molecule has 0 saturated heterocycles. The minimum absolute atomic E-state index is 0. The van der Waals surface area contributed by atoms with Crippen molar-refractivity contribution in [1.29, 1.82) is 0 Å². The maximum atomic E-state index is 12.4. The van der Waals surface area contributed by atoms with E-state index in [-0.39, 0.29) is 64.0 Å². The van der Waals surface area contributed by atoms with Gasteiger partial charge in [0.15, 0.2) is 0 Å². The Bertz CT molecular complexity index is 367. The SMILES string of the molecule is C=C(CN(C)C(C)Cc1cccs1)[B-](F)(F)F.[K+]. The summed E-state index contributed by atoms with van der Waals surface area (Å²) in [7, 11) is 1.70. The van der Waals surface area contributed by atoms with Crippen LogP contribution in [0.15, 0.2) is 29.6 Å². The zero-order valence-electron chi connectivity index (χ0n) is 11.0. The number of halogens is 3. The van der Waals surface area contributed by atoms with E-state index in [0.717, 1.165) is 6.42 Å². The summed E-state index contributed by atoms with van der Waals surface area (Å²) in [5.74, 6) is 0. The fourth-order valence-electron chi connectivity index (χ4n) is 1.46. The van der Waals surface area contributed by atoms with Crippen LogP contribution in [0.5, 0.6) is 0 Å². The first-order valence-electron chi connectivity index (χ1n) is 5.41. The van der Waals surface area contributed by atoms with E-state index >= 15 is 0 Å². The molecule has 18 heavy (non-hydrogen) atoms. The molecule has 1 atom stereocenters. The van der Waals surface area contributed by atoms with Crippen LogP contribution < -0.4 is 51.4 Å². The van der Waals surface area contributed by atoms with Crippen LogP contribution in [-0.2, 0) is 6.42 Å². The Balaban J connectivity index is 0.00000289. The van der Waals surface area contributed by atoms with Gasteiger partial charge in [0.05, 0.1) is 0 Å². The fraction of sp³-hybridized carbons (Fsp3) is 0.455. The Morgan fingerprint density at radius 1 is 1.50 bits per heavy atom. The van der Waals surface area contributed by atoms with E-state index in [0.29, 0.717) is 0 Å². The Morgan fingerprint density at radius 2 is 2.11 bits per heavy atom. The van der Waals surface area contributed by atoms with Crippen molar-refractivity contribution >= 4 is 18.3 Å². The average Bonchev–Trinajstić information content (AvgIpc) is 2.68. The summed E-state index contributed by atoms with van der Waals surface area (Å²) >= 11 is 1.63. The molecule has 1 aromatic heterocycles. The second-order valence-electron chi connectivity index (χ2n) is 4.28. The quantitative estimate of drug-likeness (QED) is 0.694. The summed E-state index contributed by atoms with van der Waals surface area (Å²) in [6, 6.07) is 4.02. The van der Waals surface area contributed by atoms with Gasteiger partial charge in [-0.25, -0.2) is 0 Å². The van der Waals surface area contributed by atoms with Crippen LogP contribution in [0.25, 0.3) is 0 Å². The number of likely N-dealkylation sites (N-methyl/N-ethyl adjacent to an activating group) is 1. The molecule has 0 aliphatic heterocycles. The zero-order valence-corrected chi connectivity index (χ0v) is 14.9. The van der Waals surface area contributed by atoms with E-state index in [1.807, 2.05) is 24.4 Å². The molecule has 0 saturated carbocycles. The first kappa shape index (κ1) is 18.9. The van der Waals surface area contributed by atoms with Crippen molar-refractivity contribution < 1.29 is 64.3 Å². The van der Waals surface area contributed by atoms with E-state index in [9.17, 15) is 12.9 Å². The number of rotatable bonds is 6. The van der Waals surface area contributed by atoms with Crippen molar-refractivity contribution in [2.24, 2.45) is 0 Å². The van der Waals surface area contributed by atoms with Crippen molar-refractivity contribution in [2.75, 3.05) is 13.6 Å². The number of nitrogens with zero attached hydrogens (tertiary/aromatic N) is 1. The minimum atomic E-state index is -4.92. The molecule has 0 fully saturated rings. The molecule has 0 bridgehead atoms. The molecule has 1 unspecified atom stereocenters. The van der Waals surface area contributed by atoms with Crippen molar-refractivity contribution in [1.82, 2.24) is 4.90 Å². The second kappa shape index (κ2) is 8.24. The smallest absolute Gasteiger partial charge is 0.445 e. The fourth-order valence-corrected chi connectivity index (χ4v) is 2.28. The Hall–Kier alpha value is 0.891. The summed E-state index contributed by atoms with van der Waals surface area (Å²) in [5.41, 5.74) is -0.634. The van der Waals surface area contributed by atoms with Gasteiger partial charge in [0.1, 0.15) is 0 Å². The molecule has 0 aliphatic rings. The van der Waals surface area contributed by atoms with Crippen LogP contribution in [0, 0.1) is 0 Å². The molecule has 1 rings (SSSR count). The summed E-state index contributed by atoms with van der Waals surface area (Å²) in [5, 5.41) is 1.97. The van der Waals surface area contributed by atoms with Crippen molar-refractivity contribution in [2.45, 2.75) is 19.4 Å². The number of hydrogen-bond donors (Lipinski definition) is 0. The Morgan fingerprint density at radius 3 is 2.56 bits per heavy atom. The zero-order chi connectivity index (χ0) is 13.1. The predicted molar refractivity (Wildman–Crippen MR) is 68.3 cm³/mol. The van der Waals surface area contributed by atoms with Crippen molar-refractivity contribution in [3.8, 4) is 0 Å². The maximum absolute atomic E-state index is 12.4. The first-order chi connectivity index (χ1) is 7.80. The van der Waals surface area contributed by atoms with E-state index in [1.165, 1.54) is 4.88 Å². The third-order valence-corrected chi connectivity index (χ3v) is 3.64. The summed E-state index contributed by atoms with van der Waals surface area (Å²) in [6.45, 7) is 0.00212. The van der Waals surface area contributed by atoms with Gasteiger partial charge in [0.25, 0.3) is 0 Å². The van der Waals surface area contributed by atoms with Crippen LogP contribution in [-0.4, -0.2) is 31.5 Å². The monoisotopic (exact) mass is 301 g/mol. The molecular weight excluding hydrogens is 285 g/mol. The molecule has 1 aromatic rings. The summed E-state index contributed by atoms with van der Waals surface area (Å²) in [6.07, 6.45) is 0.770. The molecule has 0 amide bonds. The van der Waals surface area contributed by atoms with Crippen LogP contribution in [0.4, 0.5) is 12.9 Å². The van der Waals surface area contributed by atoms with Gasteiger partial charge in [-0.1, -0.05) is 6.07 Å². The molecule has 1 heterocycles. The minimum Gasteiger partial charge on any atom is -0.445 e. The van der Waals surface area contributed by atoms with Gasteiger partial charge in [-0.15, -0.1) is 23.4 Å². The van der Waals surface area contributed by atoms with E-state index in [1.54, 1.807) is 23.3 Å². The van der Waals surface area contributed by atoms with Crippen LogP contribution in [0.2, 0.25) is 0 Å². The third kappa shape index (κ3) is 6.36. The van der Waals surface area contributed by atoms with Crippen LogP contribution in [0.1, 0.15) is 11.8 Å². The van der Waals surface area contributed by atoms with Crippen molar-refractivity contribution in [3.05, 3.63) is 34.4 Å². The first-order valence-corrected chi connectivity index (χ1v) is 6.29. The molecule has 0 aromatic carbocycles. The normalized spacial score (nSPS) is 13.2. The van der Waals surface area contributed by atoms with E-state index in [4.69, 9.17) is 0 Å². The predicted octanol–water partition coefficient (Wildman–Crippen LogP) is 0.558. The van der Waals surface area contributed by atoms with E-state index < -0.39 is 12.4 Å². The van der Waals surface area contributed by atoms with Gasteiger partial charge in [0, 0.05) is 10.9 Å². The molecule has 0 spiro atoms. The van der Waals surface area contributed by atoms with Crippen molar-refractivity contribution in [3.63, 3.8) is 0 Å². The van der Waals surface area contributed by atoms with Gasteiger partial charge in [-0.05, 0) is 38.4 Å². The Kier molecular flexibility index (Phi) is 8.65. The molecule has 0 N–H and O–H groups in total. The van der Waals surface area contributed by atoms with Gasteiger partial charge < -0.3 is 17.8 Å². The van der Waals surface area contributed by atoms with Crippen LogP contribution in [0.3, 0.4) is 0 Å². The summed E-state index contributed by atoms with van der Waals surface area (Å²) in [4.78, 5) is 2.88. The van der Waals surface area contributed by atoms with E-state index in [2.05, 4.69) is 6.58 Å². The number of thiophene rings is 1.